The molecule has 0 amide bonds. The van der Waals surface area contributed by atoms with Gasteiger partial charge in [-0.05, 0) is 46.7 Å². The van der Waals surface area contributed by atoms with E-state index in [1.807, 2.05) is 14.0 Å². The maximum absolute atomic E-state index is 8.99. The van der Waals surface area contributed by atoms with E-state index < -0.39 is 0 Å². The summed E-state index contributed by atoms with van der Waals surface area (Å²) >= 11 is 0. The monoisotopic (exact) mass is 195 g/mol. The Balaban J connectivity index is 2.36. The summed E-state index contributed by atoms with van der Waals surface area (Å²) in [4.78, 5) is 2.48. The Labute approximate surface area is 87.1 Å². The van der Waals surface area contributed by atoms with Gasteiger partial charge in [0.15, 0.2) is 0 Å². The van der Waals surface area contributed by atoms with Crippen LogP contribution in [0.5, 0.6) is 0 Å². The van der Waals surface area contributed by atoms with Crippen molar-refractivity contribution in [2.75, 3.05) is 20.1 Å². The Morgan fingerprint density at radius 1 is 1.64 bits per heavy atom. The molecule has 1 aliphatic heterocycles. The van der Waals surface area contributed by atoms with Crippen LogP contribution in [0.15, 0.2) is 0 Å². The molecule has 0 aromatic carbocycles. The number of nitriles is 1. The molecule has 1 aliphatic rings. The largest absolute Gasteiger partial charge is 0.303 e. The molecule has 0 aliphatic carbocycles. The molecule has 80 valence electrons. The van der Waals surface area contributed by atoms with Crippen molar-refractivity contribution in [3.05, 3.63) is 0 Å². The number of likely N-dealkylation sites (tertiary alicyclic amines) is 1. The molecule has 3 nitrogen and oxygen atoms in total. The minimum absolute atomic E-state index is 0.359. The Bertz CT molecular complexity index is 221. The van der Waals surface area contributed by atoms with Crippen LogP contribution >= 0.6 is 0 Å². The van der Waals surface area contributed by atoms with Crippen LogP contribution in [0.2, 0.25) is 0 Å². The van der Waals surface area contributed by atoms with Gasteiger partial charge in [0.05, 0.1) is 6.07 Å². The highest BCUT2D eigenvalue weighted by Gasteiger charge is 2.25. The maximum Gasteiger partial charge on any atom is 0.104 e. The van der Waals surface area contributed by atoms with Crippen LogP contribution in [-0.4, -0.2) is 36.6 Å². The molecule has 1 N–H and O–H groups in total. The van der Waals surface area contributed by atoms with Crippen LogP contribution in [0.3, 0.4) is 0 Å². The van der Waals surface area contributed by atoms with Gasteiger partial charge in [-0.25, -0.2) is 0 Å². The van der Waals surface area contributed by atoms with E-state index in [1.165, 1.54) is 19.4 Å². The first kappa shape index (κ1) is 11.5. The number of hydrogen-bond acceptors (Lipinski definition) is 3. The Morgan fingerprint density at radius 3 is 2.79 bits per heavy atom. The van der Waals surface area contributed by atoms with E-state index in [0.29, 0.717) is 6.04 Å². The molecule has 0 aromatic rings. The fraction of sp³-hybridized carbons (Fsp3) is 0.909. The van der Waals surface area contributed by atoms with Crippen molar-refractivity contribution in [3.8, 4) is 6.07 Å². The van der Waals surface area contributed by atoms with Crippen LogP contribution in [0.25, 0.3) is 0 Å². The second-order valence-electron chi connectivity index (χ2n) is 4.47. The van der Waals surface area contributed by atoms with Crippen molar-refractivity contribution in [1.29, 1.82) is 5.26 Å². The molecule has 0 spiro atoms. The molecule has 1 heterocycles. The molecular weight excluding hydrogens is 174 g/mol. The van der Waals surface area contributed by atoms with E-state index in [0.717, 1.165) is 13.0 Å². The highest BCUT2D eigenvalue weighted by atomic mass is 15.2. The van der Waals surface area contributed by atoms with E-state index >= 15 is 0 Å². The number of rotatable bonds is 4. The summed E-state index contributed by atoms with van der Waals surface area (Å²) in [6, 6.07) is 3.03. The summed E-state index contributed by atoms with van der Waals surface area (Å²) in [6.45, 7) is 6.47. The predicted molar refractivity (Wildman–Crippen MR) is 58.0 cm³/mol. The van der Waals surface area contributed by atoms with Crippen LogP contribution in [0.1, 0.15) is 33.1 Å². The maximum atomic E-state index is 8.99. The highest BCUT2D eigenvalue weighted by Crippen LogP contribution is 2.18. The lowest BCUT2D eigenvalue weighted by molar-refractivity contribution is 0.243. The third-order valence-electron chi connectivity index (χ3n) is 3.39. The lowest BCUT2D eigenvalue weighted by Gasteiger charge is -2.26. The Morgan fingerprint density at radius 2 is 2.36 bits per heavy atom. The predicted octanol–water partition coefficient (Wildman–Crippen LogP) is 1.36. The van der Waals surface area contributed by atoms with E-state index in [1.54, 1.807) is 0 Å². The third kappa shape index (κ3) is 2.70. The van der Waals surface area contributed by atoms with Gasteiger partial charge in [0.1, 0.15) is 5.54 Å². The average Bonchev–Trinajstić information content (AvgIpc) is 2.61. The molecule has 14 heavy (non-hydrogen) atoms. The summed E-state index contributed by atoms with van der Waals surface area (Å²) < 4.78 is 0. The van der Waals surface area contributed by atoms with Gasteiger partial charge in [-0.3, -0.25) is 0 Å². The van der Waals surface area contributed by atoms with Crippen molar-refractivity contribution in [1.82, 2.24) is 10.2 Å². The standard InChI is InChI=1S/C11H21N3/c1-10-5-4-7-14(10)8-6-11(2,9-12)13-3/h10,13H,4-8H2,1-3H3. The van der Waals surface area contributed by atoms with Crippen LogP contribution in [0, 0.1) is 11.3 Å². The first-order valence-electron chi connectivity index (χ1n) is 5.45. The smallest absolute Gasteiger partial charge is 0.104 e. The molecule has 3 heteroatoms. The molecule has 0 saturated carbocycles. The normalized spacial score (nSPS) is 27.1. The molecule has 2 atom stereocenters. The topological polar surface area (TPSA) is 39.1 Å². The number of nitrogens with one attached hydrogen (secondary N) is 1. The first-order valence-corrected chi connectivity index (χ1v) is 5.45. The fourth-order valence-corrected chi connectivity index (χ4v) is 1.93. The summed E-state index contributed by atoms with van der Waals surface area (Å²) in [7, 11) is 1.86. The summed E-state index contributed by atoms with van der Waals surface area (Å²) in [5, 5.41) is 12.1. The molecule has 1 rings (SSSR count). The summed E-state index contributed by atoms with van der Waals surface area (Å²) in [5.74, 6) is 0. The van der Waals surface area contributed by atoms with Crippen molar-refractivity contribution in [2.24, 2.45) is 0 Å². The molecule has 0 aromatic heterocycles. The molecule has 1 saturated heterocycles. The zero-order chi connectivity index (χ0) is 10.6. The third-order valence-corrected chi connectivity index (χ3v) is 3.39. The van der Waals surface area contributed by atoms with Gasteiger partial charge < -0.3 is 10.2 Å². The van der Waals surface area contributed by atoms with Crippen molar-refractivity contribution < 1.29 is 0 Å². The van der Waals surface area contributed by atoms with Gasteiger partial charge in [0, 0.05) is 12.6 Å². The summed E-state index contributed by atoms with van der Waals surface area (Å²) in [6.07, 6.45) is 3.52. The van der Waals surface area contributed by atoms with Crippen molar-refractivity contribution in [2.45, 2.75) is 44.7 Å². The molecule has 0 bridgehead atoms. The number of nitrogens with zero attached hydrogens (tertiary/aromatic N) is 2. The van der Waals surface area contributed by atoms with Gasteiger partial charge in [-0.2, -0.15) is 5.26 Å². The van der Waals surface area contributed by atoms with Gasteiger partial charge in [-0.1, -0.05) is 0 Å². The zero-order valence-corrected chi connectivity index (χ0v) is 9.51. The molecule has 2 unspecified atom stereocenters. The van der Waals surface area contributed by atoms with E-state index in [-0.39, 0.29) is 5.54 Å². The second kappa shape index (κ2) is 4.77. The SMILES string of the molecule is CNC(C)(C#N)CCN1CCCC1C. The Kier molecular flexibility index (Phi) is 3.91. The van der Waals surface area contributed by atoms with Crippen LogP contribution in [-0.2, 0) is 0 Å². The minimum atomic E-state index is -0.359. The minimum Gasteiger partial charge on any atom is -0.303 e. The van der Waals surface area contributed by atoms with Crippen molar-refractivity contribution >= 4 is 0 Å². The van der Waals surface area contributed by atoms with Crippen molar-refractivity contribution in [3.63, 3.8) is 0 Å². The molecule has 0 radical (unpaired) electrons. The average molecular weight is 195 g/mol. The second-order valence-corrected chi connectivity index (χ2v) is 4.47. The zero-order valence-electron chi connectivity index (χ0n) is 9.51. The summed E-state index contributed by atoms with van der Waals surface area (Å²) in [5.41, 5.74) is -0.359. The van der Waals surface area contributed by atoms with Gasteiger partial charge in [-0.15, -0.1) is 0 Å². The molecule has 1 fully saturated rings. The van der Waals surface area contributed by atoms with Gasteiger partial charge in [0.25, 0.3) is 0 Å². The Hall–Kier alpha value is -0.590. The lowest BCUT2D eigenvalue weighted by atomic mass is 10.00. The van der Waals surface area contributed by atoms with Crippen LogP contribution < -0.4 is 5.32 Å². The highest BCUT2D eigenvalue weighted by molar-refractivity contribution is 5.03. The van der Waals surface area contributed by atoms with E-state index in [2.05, 4.69) is 23.2 Å². The van der Waals surface area contributed by atoms with E-state index in [9.17, 15) is 0 Å². The van der Waals surface area contributed by atoms with E-state index in [4.69, 9.17) is 5.26 Å². The fourth-order valence-electron chi connectivity index (χ4n) is 1.93. The van der Waals surface area contributed by atoms with Crippen LogP contribution in [0.4, 0.5) is 0 Å². The number of hydrogen-bond donors (Lipinski definition) is 1. The van der Waals surface area contributed by atoms with Gasteiger partial charge >= 0.3 is 0 Å². The lowest BCUT2D eigenvalue weighted by Crippen LogP contribution is -2.42. The van der Waals surface area contributed by atoms with Gasteiger partial charge in [0.2, 0.25) is 0 Å². The first-order chi connectivity index (χ1) is 6.61. The quantitative estimate of drug-likeness (QED) is 0.736. The molecular formula is C11H21N3.